The number of allylic oxidation sites excluding steroid dienone is 1. The molecule has 0 saturated heterocycles. The largest absolute Gasteiger partial charge is 0.363 e. The summed E-state index contributed by atoms with van der Waals surface area (Å²) in [4.78, 5) is 0. The van der Waals surface area contributed by atoms with Gasteiger partial charge in [0.1, 0.15) is 0 Å². The van der Waals surface area contributed by atoms with Crippen LogP contribution in [0.2, 0.25) is 0 Å². The summed E-state index contributed by atoms with van der Waals surface area (Å²) in [6, 6.07) is 0. The molecule has 0 aromatic rings. The second-order valence-electron chi connectivity index (χ2n) is 3.91. The molecular formula is C13H26OS. The third kappa shape index (κ3) is 13.9. The maximum Gasteiger partial charge on any atom is 0.0598 e. The summed E-state index contributed by atoms with van der Waals surface area (Å²) < 4.78 is 0. The molecule has 0 aliphatic rings. The van der Waals surface area contributed by atoms with Crippen LogP contribution in [-0.2, 0) is 0 Å². The second kappa shape index (κ2) is 13.9. The molecule has 2 heteroatoms. The van der Waals surface area contributed by atoms with E-state index in [1.165, 1.54) is 56.9 Å². The van der Waals surface area contributed by atoms with Gasteiger partial charge in [-0.1, -0.05) is 57.9 Å². The Kier molecular flexibility index (Phi) is 13.8. The van der Waals surface area contributed by atoms with Crippen molar-refractivity contribution < 1.29 is 5.11 Å². The first-order valence-corrected chi connectivity index (χ1v) is 7.26. The fraction of sp³-hybridized carbons (Fsp3) is 0.769. The summed E-state index contributed by atoms with van der Waals surface area (Å²) in [5.74, 6) is 0. The molecule has 0 rings (SSSR count). The van der Waals surface area contributed by atoms with Crippen LogP contribution in [0.3, 0.4) is 0 Å². The molecule has 0 fully saturated rings. The summed E-state index contributed by atoms with van der Waals surface area (Å²) in [5, 5.41) is 10.4. The Morgan fingerprint density at radius 3 is 2.13 bits per heavy atom. The predicted octanol–water partition coefficient (Wildman–Crippen LogP) is 4.81. The lowest BCUT2D eigenvalue weighted by molar-refractivity contribution is 0.577. The van der Waals surface area contributed by atoms with Crippen molar-refractivity contribution >= 4 is 16.9 Å². The fourth-order valence-corrected chi connectivity index (χ4v) is 1.92. The highest BCUT2D eigenvalue weighted by molar-refractivity contribution is 8.00. The first-order valence-electron chi connectivity index (χ1n) is 6.22. The molecule has 0 unspecified atom stereocenters. The predicted molar refractivity (Wildman–Crippen MR) is 74.0 cm³/mol. The van der Waals surface area contributed by atoms with Crippen molar-refractivity contribution in [3.8, 4) is 0 Å². The molecule has 0 saturated carbocycles. The summed E-state index contributed by atoms with van der Waals surface area (Å²) in [7, 11) is 0. The third-order valence-electron chi connectivity index (χ3n) is 2.48. The van der Waals surface area contributed by atoms with Gasteiger partial charge in [0.15, 0.2) is 0 Å². The van der Waals surface area contributed by atoms with Crippen LogP contribution in [0.5, 0.6) is 0 Å². The summed E-state index contributed by atoms with van der Waals surface area (Å²) in [6.45, 7) is 2.26. The SMILES string of the molecule is CCCCCCCCCCC=C[SH]=CO. The molecule has 1 N–H and O–H groups in total. The van der Waals surface area contributed by atoms with Gasteiger partial charge in [-0.05, 0) is 18.2 Å². The van der Waals surface area contributed by atoms with Gasteiger partial charge >= 0.3 is 0 Å². The lowest BCUT2D eigenvalue weighted by Crippen LogP contribution is -1.79. The topological polar surface area (TPSA) is 20.2 Å². The molecule has 0 bridgehead atoms. The lowest BCUT2D eigenvalue weighted by atomic mass is 10.1. The minimum absolute atomic E-state index is 0.906. The molecule has 0 aromatic heterocycles. The Hall–Kier alpha value is -0.0800. The number of hydrogen-bond donors (Lipinski definition) is 2. The smallest absolute Gasteiger partial charge is 0.0598 e. The molecule has 90 valence electrons. The maximum absolute atomic E-state index is 8.42. The van der Waals surface area contributed by atoms with Crippen LogP contribution < -0.4 is 0 Å². The summed E-state index contributed by atoms with van der Waals surface area (Å²) in [6.07, 6.45) is 14.4. The quantitative estimate of drug-likeness (QED) is 0.313. The normalized spacial score (nSPS) is 12.4. The van der Waals surface area contributed by atoms with Crippen molar-refractivity contribution in [2.24, 2.45) is 0 Å². The molecule has 0 aliphatic heterocycles. The molecule has 0 radical (unpaired) electrons. The first-order chi connectivity index (χ1) is 7.41. The van der Waals surface area contributed by atoms with Crippen LogP contribution >= 0.6 is 11.4 Å². The molecule has 0 amide bonds. The first kappa shape index (κ1) is 14.9. The highest BCUT2D eigenvalue weighted by Crippen LogP contribution is 2.09. The van der Waals surface area contributed by atoms with Crippen LogP contribution in [0, 0.1) is 0 Å². The Balaban J connectivity index is 2.98. The van der Waals surface area contributed by atoms with E-state index in [1.807, 2.05) is 5.41 Å². The Bertz CT molecular complexity index is 164. The Morgan fingerprint density at radius 2 is 1.53 bits per heavy atom. The van der Waals surface area contributed by atoms with Gasteiger partial charge in [-0.3, -0.25) is 0 Å². The van der Waals surface area contributed by atoms with Gasteiger partial charge in [-0.25, -0.2) is 0 Å². The van der Waals surface area contributed by atoms with Crippen molar-refractivity contribution in [1.29, 1.82) is 0 Å². The number of aliphatic hydroxyl groups excluding tert-OH is 1. The van der Waals surface area contributed by atoms with Gasteiger partial charge in [0.2, 0.25) is 0 Å². The van der Waals surface area contributed by atoms with Crippen molar-refractivity contribution in [2.45, 2.75) is 64.7 Å². The minimum Gasteiger partial charge on any atom is -0.363 e. The highest BCUT2D eigenvalue weighted by atomic mass is 32.1. The van der Waals surface area contributed by atoms with Gasteiger partial charge in [0.25, 0.3) is 0 Å². The molecule has 0 atom stereocenters. The second-order valence-corrected chi connectivity index (χ2v) is 4.74. The standard InChI is InChI=1S/C13H26OS/c1-2-3-4-5-6-7-8-9-10-11-12-15-13-14/h11-15H,2-10H2,1H3. The van der Waals surface area contributed by atoms with Crippen molar-refractivity contribution in [3.05, 3.63) is 11.5 Å². The zero-order valence-electron chi connectivity index (χ0n) is 9.99. The fourth-order valence-electron chi connectivity index (χ4n) is 1.57. The van der Waals surface area contributed by atoms with E-state index in [-0.39, 0.29) is 0 Å². The molecular weight excluding hydrogens is 204 g/mol. The number of thiol groups is 1. The van der Waals surface area contributed by atoms with E-state index in [0.29, 0.717) is 0 Å². The average molecular weight is 230 g/mol. The minimum atomic E-state index is 0.906. The van der Waals surface area contributed by atoms with E-state index in [1.54, 1.807) is 0 Å². The molecule has 0 spiro atoms. The third-order valence-corrected chi connectivity index (χ3v) is 3.00. The zero-order chi connectivity index (χ0) is 11.2. The summed E-state index contributed by atoms with van der Waals surface area (Å²) in [5.41, 5.74) is 1.17. The van der Waals surface area contributed by atoms with Gasteiger partial charge < -0.3 is 5.11 Å². The van der Waals surface area contributed by atoms with Crippen molar-refractivity contribution in [2.75, 3.05) is 0 Å². The molecule has 1 nitrogen and oxygen atoms in total. The Labute approximate surface area is 98.6 Å². The molecule has 0 aromatic carbocycles. The van der Waals surface area contributed by atoms with Crippen molar-refractivity contribution in [3.63, 3.8) is 0 Å². The van der Waals surface area contributed by atoms with Gasteiger partial charge in [-0.15, -0.1) is 0 Å². The monoisotopic (exact) mass is 230 g/mol. The van der Waals surface area contributed by atoms with Crippen LogP contribution in [0.4, 0.5) is 0 Å². The molecule has 0 heterocycles. The Morgan fingerprint density at radius 1 is 0.933 bits per heavy atom. The summed E-state index contributed by atoms with van der Waals surface area (Å²) >= 11 is 0.906. The van der Waals surface area contributed by atoms with E-state index < -0.39 is 0 Å². The van der Waals surface area contributed by atoms with E-state index in [2.05, 4.69) is 13.0 Å². The number of unbranched alkanes of at least 4 members (excludes halogenated alkanes) is 8. The maximum atomic E-state index is 8.42. The van der Waals surface area contributed by atoms with E-state index in [0.717, 1.165) is 17.8 Å². The zero-order valence-corrected chi connectivity index (χ0v) is 10.9. The van der Waals surface area contributed by atoms with Gasteiger partial charge in [0.05, 0.1) is 5.55 Å². The van der Waals surface area contributed by atoms with Gasteiger partial charge in [0, 0.05) is 0 Å². The lowest BCUT2D eigenvalue weighted by Gasteiger charge is -1.99. The molecule has 15 heavy (non-hydrogen) atoms. The van der Waals surface area contributed by atoms with Crippen LogP contribution in [0.15, 0.2) is 11.5 Å². The highest BCUT2D eigenvalue weighted by Gasteiger charge is 1.89. The van der Waals surface area contributed by atoms with Crippen LogP contribution in [0.25, 0.3) is 0 Å². The number of hydrogen-bond acceptors (Lipinski definition) is 0. The van der Waals surface area contributed by atoms with E-state index >= 15 is 0 Å². The average Bonchev–Trinajstić information content (AvgIpc) is 2.26. The van der Waals surface area contributed by atoms with Crippen LogP contribution in [-0.4, -0.2) is 10.7 Å². The number of aliphatic hydroxyl groups is 1. The van der Waals surface area contributed by atoms with Crippen molar-refractivity contribution in [1.82, 2.24) is 0 Å². The van der Waals surface area contributed by atoms with Gasteiger partial charge in [-0.2, -0.15) is 11.4 Å². The molecule has 0 aliphatic carbocycles. The van der Waals surface area contributed by atoms with E-state index in [9.17, 15) is 0 Å². The van der Waals surface area contributed by atoms with E-state index in [4.69, 9.17) is 5.11 Å². The van der Waals surface area contributed by atoms with Crippen LogP contribution in [0.1, 0.15) is 64.7 Å². The number of rotatable bonds is 10.